The molecule has 174 valence electrons. The Balaban J connectivity index is 1.46. The van der Waals surface area contributed by atoms with Crippen molar-refractivity contribution in [3.05, 3.63) is 48.0 Å². The number of aliphatic hydroxyl groups is 2. The van der Waals surface area contributed by atoms with Gasteiger partial charge in [-0.3, -0.25) is 0 Å². The molecule has 2 spiro atoms. The predicted molar refractivity (Wildman–Crippen MR) is 120 cm³/mol. The van der Waals surface area contributed by atoms with Crippen molar-refractivity contribution in [3.8, 4) is 0 Å². The summed E-state index contributed by atoms with van der Waals surface area (Å²) in [7, 11) is 0. The highest BCUT2D eigenvalue weighted by molar-refractivity contribution is 5.83. The van der Waals surface area contributed by atoms with E-state index in [1.165, 1.54) is 16.3 Å². The number of benzene rings is 2. The zero-order valence-corrected chi connectivity index (χ0v) is 19.0. The highest BCUT2D eigenvalue weighted by atomic mass is 16.7. The molecular formula is C26H34O6. The molecule has 1 aliphatic carbocycles. The van der Waals surface area contributed by atoms with Crippen molar-refractivity contribution >= 4 is 10.8 Å². The van der Waals surface area contributed by atoms with Crippen LogP contribution in [0, 0.1) is 10.8 Å². The maximum Gasteiger partial charge on any atom is 0.174 e. The van der Waals surface area contributed by atoms with Gasteiger partial charge in [0.05, 0.1) is 46.1 Å². The van der Waals surface area contributed by atoms with Crippen LogP contribution in [0.15, 0.2) is 42.5 Å². The third kappa shape index (κ3) is 4.09. The third-order valence-corrected chi connectivity index (χ3v) is 7.40. The van der Waals surface area contributed by atoms with E-state index in [-0.39, 0.29) is 19.1 Å². The quantitative estimate of drug-likeness (QED) is 0.757. The molecule has 3 fully saturated rings. The molecule has 2 aliphatic heterocycles. The molecule has 0 bridgehead atoms. The molecule has 5 rings (SSSR count). The van der Waals surface area contributed by atoms with Gasteiger partial charge in [-0.15, -0.1) is 0 Å². The van der Waals surface area contributed by atoms with Crippen molar-refractivity contribution < 1.29 is 29.2 Å². The van der Waals surface area contributed by atoms with Crippen LogP contribution in [0.1, 0.15) is 44.6 Å². The molecule has 2 N–H and O–H groups in total. The fourth-order valence-electron chi connectivity index (χ4n) is 5.09. The van der Waals surface area contributed by atoms with Gasteiger partial charge in [-0.05, 0) is 22.3 Å². The summed E-state index contributed by atoms with van der Waals surface area (Å²) in [4.78, 5) is 0. The van der Waals surface area contributed by atoms with Gasteiger partial charge in [0.25, 0.3) is 0 Å². The molecule has 2 saturated heterocycles. The summed E-state index contributed by atoms with van der Waals surface area (Å²) in [6.45, 7) is 5.70. The Morgan fingerprint density at radius 3 is 1.75 bits per heavy atom. The predicted octanol–water partition coefficient (Wildman–Crippen LogP) is 3.59. The van der Waals surface area contributed by atoms with Gasteiger partial charge in [-0.25, -0.2) is 0 Å². The van der Waals surface area contributed by atoms with E-state index in [2.05, 4.69) is 42.5 Å². The Morgan fingerprint density at radius 2 is 1.25 bits per heavy atom. The van der Waals surface area contributed by atoms with Crippen LogP contribution in [0.5, 0.6) is 0 Å². The number of aliphatic hydroxyl groups excluding tert-OH is 2. The van der Waals surface area contributed by atoms with Gasteiger partial charge in [0.2, 0.25) is 0 Å². The van der Waals surface area contributed by atoms with E-state index in [4.69, 9.17) is 18.9 Å². The second-order valence-electron chi connectivity index (χ2n) is 10.8. The van der Waals surface area contributed by atoms with Gasteiger partial charge < -0.3 is 29.2 Å². The number of ether oxygens (including phenoxy) is 4. The second kappa shape index (κ2) is 8.05. The van der Waals surface area contributed by atoms with Crippen molar-refractivity contribution in [2.75, 3.05) is 39.6 Å². The number of hydrogen-bond acceptors (Lipinski definition) is 6. The molecule has 0 aromatic heterocycles. The normalized spacial score (nSPS) is 40.2. The van der Waals surface area contributed by atoms with Crippen LogP contribution < -0.4 is 0 Å². The van der Waals surface area contributed by atoms with Crippen molar-refractivity contribution in [2.24, 2.45) is 10.8 Å². The Kier molecular flexibility index (Phi) is 5.60. The molecule has 6 nitrogen and oxygen atoms in total. The first kappa shape index (κ1) is 22.3. The van der Waals surface area contributed by atoms with Crippen molar-refractivity contribution in [2.45, 2.75) is 50.6 Å². The van der Waals surface area contributed by atoms with Crippen LogP contribution in [0.4, 0.5) is 0 Å². The van der Waals surface area contributed by atoms with E-state index in [1.54, 1.807) is 0 Å². The maximum absolute atomic E-state index is 9.76. The molecule has 3 aliphatic rings. The first-order valence-corrected chi connectivity index (χ1v) is 11.6. The summed E-state index contributed by atoms with van der Waals surface area (Å²) in [5.74, 6) is -1.52. The van der Waals surface area contributed by atoms with Gasteiger partial charge in [0, 0.05) is 23.7 Å². The minimum absolute atomic E-state index is 0.0180. The van der Waals surface area contributed by atoms with E-state index < -0.39 is 22.4 Å². The lowest BCUT2D eigenvalue weighted by Crippen LogP contribution is -2.61. The van der Waals surface area contributed by atoms with Crippen LogP contribution in [0.2, 0.25) is 0 Å². The molecule has 6 heteroatoms. The monoisotopic (exact) mass is 442 g/mol. The molecule has 1 saturated carbocycles. The van der Waals surface area contributed by atoms with E-state index in [1.807, 2.05) is 13.8 Å². The van der Waals surface area contributed by atoms with Gasteiger partial charge in [0.1, 0.15) is 0 Å². The highest BCUT2D eigenvalue weighted by Gasteiger charge is 2.57. The molecule has 32 heavy (non-hydrogen) atoms. The first-order chi connectivity index (χ1) is 15.3. The summed E-state index contributed by atoms with van der Waals surface area (Å²) in [5.41, 5.74) is 0.406. The van der Waals surface area contributed by atoms with Gasteiger partial charge >= 0.3 is 0 Å². The topological polar surface area (TPSA) is 77.4 Å². The largest absolute Gasteiger partial charge is 0.396 e. The number of hydrogen-bond donors (Lipinski definition) is 2. The van der Waals surface area contributed by atoms with E-state index in [9.17, 15) is 10.2 Å². The fourth-order valence-corrected chi connectivity index (χ4v) is 5.09. The molecule has 2 aromatic rings. The molecule has 0 radical (unpaired) electrons. The number of rotatable bonds is 3. The summed E-state index contributed by atoms with van der Waals surface area (Å²) < 4.78 is 25.5. The first-order valence-electron chi connectivity index (χ1n) is 11.6. The second-order valence-corrected chi connectivity index (χ2v) is 10.8. The van der Waals surface area contributed by atoms with E-state index in [0.29, 0.717) is 45.7 Å². The molecule has 0 unspecified atom stereocenters. The number of fused-ring (bicyclic) bond motifs is 1. The zero-order valence-electron chi connectivity index (χ0n) is 19.0. The zero-order chi connectivity index (χ0) is 22.5. The Hall–Kier alpha value is -1.54. The van der Waals surface area contributed by atoms with Crippen LogP contribution in [-0.4, -0.2) is 61.4 Å². The maximum atomic E-state index is 9.76. The molecule has 2 heterocycles. The highest BCUT2D eigenvalue weighted by Crippen LogP contribution is 2.52. The van der Waals surface area contributed by atoms with E-state index in [0.717, 1.165) is 0 Å². The van der Waals surface area contributed by atoms with Gasteiger partial charge in [0.15, 0.2) is 11.6 Å². The van der Waals surface area contributed by atoms with Crippen LogP contribution in [0.3, 0.4) is 0 Å². The molecule has 2 aromatic carbocycles. The lowest BCUT2D eigenvalue weighted by atomic mass is 9.75. The Bertz CT molecular complexity index is 918. The van der Waals surface area contributed by atoms with Crippen molar-refractivity contribution in [1.29, 1.82) is 0 Å². The minimum atomic E-state index is -0.823. The lowest BCUT2D eigenvalue weighted by molar-refractivity contribution is -0.391. The van der Waals surface area contributed by atoms with Crippen molar-refractivity contribution in [3.63, 3.8) is 0 Å². The SMILES string of the molecule is CC1(CO)COC2(CC(c3ccc4ccccc4c3)CC3(C2)OCC(C)(CO)CO3)OC1. The van der Waals surface area contributed by atoms with Gasteiger partial charge in [-0.1, -0.05) is 56.3 Å². The lowest BCUT2D eigenvalue weighted by Gasteiger charge is -2.55. The smallest absolute Gasteiger partial charge is 0.174 e. The van der Waals surface area contributed by atoms with Crippen LogP contribution in [-0.2, 0) is 18.9 Å². The third-order valence-electron chi connectivity index (χ3n) is 7.40. The summed E-state index contributed by atoms with van der Waals surface area (Å²) in [6, 6.07) is 15.0. The summed E-state index contributed by atoms with van der Waals surface area (Å²) in [5, 5.41) is 21.9. The summed E-state index contributed by atoms with van der Waals surface area (Å²) >= 11 is 0. The average Bonchev–Trinajstić information content (AvgIpc) is 2.83. The standard InChI is InChI=1S/C26H34O6/c1-23(13-27)15-29-25(30-16-23)10-22(21-8-7-19-5-3-4-6-20(19)9-21)11-26(12-25)31-17-24(2,14-28)18-32-26/h3-9,22,27-28H,10-18H2,1-2H3. The molecule has 0 atom stereocenters. The van der Waals surface area contributed by atoms with Crippen LogP contribution in [0.25, 0.3) is 10.8 Å². The molecular weight excluding hydrogens is 408 g/mol. The minimum Gasteiger partial charge on any atom is -0.396 e. The Labute approximate surface area is 189 Å². The fraction of sp³-hybridized carbons (Fsp3) is 0.615. The average molecular weight is 443 g/mol. The van der Waals surface area contributed by atoms with Crippen LogP contribution >= 0.6 is 0 Å². The summed E-state index contributed by atoms with van der Waals surface area (Å²) in [6.07, 6.45) is 1.89. The van der Waals surface area contributed by atoms with Gasteiger partial charge in [-0.2, -0.15) is 0 Å². The molecule has 0 amide bonds. The Morgan fingerprint density at radius 1 is 0.750 bits per heavy atom. The van der Waals surface area contributed by atoms with E-state index >= 15 is 0 Å². The van der Waals surface area contributed by atoms with Crippen molar-refractivity contribution in [1.82, 2.24) is 0 Å².